The van der Waals surface area contributed by atoms with E-state index in [1.54, 1.807) is 12.3 Å². The van der Waals surface area contributed by atoms with Crippen molar-refractivity contribution >= 4 is 56.8 Å². The number of carbonyl (C=O) groups is 1. The second-order valence-electron chi connectivity index (χ2n) is 6.54. The van der Waals surface area contributed by atoms with Gasteiger partial charge in [0.2, 0.25) is 0 Å². The number of fused-ring (bicyclic) bond motifs is 5. The van der Waals surface area contributed by atoms with Crippen molar-refractivity contribution in [2.75, 3.05) is 5.32 Å². The van der Waals surface area contributed by atoms with Gasteiger partial charge in [-0.25, -0.2) is 4.98 Å². The van der Waals surface area contributed by atoms with Crippen LogP contribution in [-0.4, -0.2) is 15.9 Å². The zero-order valence-corrected chi connectivity index (χ0v) is 15.6. The molecule has 0 aliphatic heterocycles. The molecule has 1 amide bonds. The number of carbonyl (C=O) groups excluding carboxylic acids is 1. The van der Waals surface area contributed by atoms with Gasteiger partial charge in [0.1, 0.15) is 5.69 Å². The predicted molar refractivity (Wildman–Crippen MR) is 116 cm³/mol. The fraction of sp³-hybridized carbons (Fsp3) is 0. The van der Waals surface area contributed by atoms with Crippen LogP contribution >= 0.6 is 12.6 Å². The van der Waals surface area contributed by atoms with E-state index in [1.807, 2.05) is 48.5 Å². The lowest BCUT2D eigenvalue weighted by Crippen LogP contribution is -2.14. The summed E-state index contributed by atoms with van der Waals surface area (Å²) in [4.78, 5) is 22.8. The van der Waals surface area contributed by atoms with E-state index in [4.69, 9.17) is 4.98 Å². The van der Waals surface area contributed by atoms with Crippen LogP contribution in [0.1, 0.15) is 10.5 Å². The smallest absolute Gasteiger partial charge is 0.274 e. The van der Waals surface area contributed by atoms with Crippen LogP contribution in [0, 0.1) is 0 Å². The number of thiol groups is 1. The van der Waals surface area contributed by atoms with E-state index in [2.05, 4.69) is 41.1 Å². The minimum Gasteiger partial charge on any atom is -0.320 e. The number of anilines is 1. The molecule has 5 rings (SSSR count). The van der Waals surface area contributed by atoms with Crippen LogP contribution in [0.5, 0.6) is 0 Å². The van der Waals surface area contributed by atoms with Crippen LogP contribution in [0.3, 0.4) is 0 Å². The summed E-state index contributed by atoms with van der Waals surface area (Å²) < 4.78 is 0. The van der Waals surface area contributed by atoms with E-state index in [0.717, 1.165) is 32.6 Å². The molecule has 134 valence electrons. The van der Waals surface area contributed by atoms with E-state index in [9.17, 15) is 4.79 Å². The first-order valence-electron chi connectivity index (χ1n) is 8.87. The Morgan fingerprint density at radius 2 is 1.50 bits per heavy atom. The van der Waals surface area contributed by atoms with Crippen LogP contribution in [-0.2, 0) is 0 Å². The van der Waals surface area contributed by atoms with Gasteiger partial charge in [0, 0.05) is 27.3 Å². The monoisotopic (exact) mass is 381 g/mol. The zero-order valence-electron chi connectivity index (χ0n) is 14.8. The van der Waals surface area contributed by atoms with Gasteiger partial charge in [0.25, 0.3) is 5.91 Å². The third kappa shape index (κ3) is 2.77. The predicted octanol–water partition coefficient (Wildman–Crippen LogP) is 5.48. The molecular weight excluding hydrogens is 366 g/mol. The molecule has 0 unspecified atom stereocenters. The average Bonchev–Trinajstić information content (AvgIpc) is 2.74. The van der Waals surface area contributed by atoms with Crippen LogP contribution in [0.2, 0.25) is 0 Å². The topological polar surface area (TPSA) is 54.9 Å². The molecule has 0 saturated carbocycles. The average molecular weight is 381 g/mol. The Morgan fingerprint density at radius 3 is 2.32 bits per heavy atom. The molecule has 0 bridgehead atoms. The van der Waals surface area contributed by atoms with Gasteiger partial charge in [-0.3, -0.25) is 9.78 Å². The Hall–Kier alpha value is -3.44. The molecule has 2 aromatic heterocycles. The number of hydrogen-bond donors (Lipinski definition) is 2. The third-order valence-corrected chi connectivity index (χ3v) is 5.19. The first-order chi connectivity index (χ1) is 13.7. The molecule has 0 atom stereocenters. The van der Waals surface area contributed by atoms with Crippen molar-refractivity contribution in [1.29, 1.82) is 0 Å². The number of amides is 1. The fourth-order valence-corrected chi connectivity index (χ4v) is 3.64. The van der Waals surface area contributed by atoms with Gasteiger partial charge in [-0.05, 0) is 29.7 Å². The molecule has 5 heteroatoms. The molecule has 1 N–H and O–H groups in total. The Kier molecular flexibility index (Phi) is 3.95. The molecule has 4 nitrogen and oxygen atoms in total. The van der Waals surface area contributed by atoms with Crippen molar-refractivity contribution in [1.82, 2.24) is 9.97 Å². The zero-order chi connectivity index (χ0) is 19.1. The molecule has 0 saturated heterocycles. The van der Waals surface area contributed by atoms with E-state index >= 15 is 0 Å². The largest absolute Gasteiger partial charge is 0.320 e. The van der Waals surface area contributed by atoms with Crippen molar-refractivity contribution in [2.24, 2.45) is 0 Å². The molecule has 0 spiro atoms. The summed E-state index contributed by atoms with van der Waals surface area (Å²) in [7, 11) is 0. The van der Waals surface area contributed by atoms with Gasteiger partial charge < -0.3 is 5.32 Å². The minimum absolute atomic E-state index is 0.270. The number of rotatable bonds is 2. The summed E-state index contributed by atoms with van der Waals surface area (Å²) in [6, 6.07) is 23.2. The highest BCUT2D eigenvalue weighted by Gasteiger charge is 2.13. The van der Waals surface area contributed by atoms with E-state index < -0.39 is 0 Å². The number of nitrogens with one attached hydrogen (secondary N) is 1. The Balaban J connectivity index is 1.69. The normalized spacial score (nSPS) is 11.2. The second-order valence-corrected chi connectivity index (χ2v) is 7.03. The number of aromatic nitrogens is 2. The van der Waals surface area contributed by atoms with Gasteiger partial charge >= 0.3 is 0 Å². The summed E-state index contributed by atoms with van der Waals surface area (Å²) in [5.41, 5.74) is 2.66. The van der Waals surface area contributed by atoms with Crippen LogP contribution < -0.4 is 5.32 Å². The Bertz CT molecular complexity index is 1380. The minimum atomic E-state index is -0.270. The lowest BCUT2D eigenvalue weighted by atomic mass is 10.0. The molecule has 0 aliphatic rings. The van der Waals surface area contributed by atoms with Crippen molar-refractivity contribution in [3.8, 4) is 0 Å². The first kappa shape index (κ1) is 16.7. The number of para-hydroxylation sites is 1. The summed E-state index contributed by atoms with van der Waals surface area (Å²) in [6.45, 7) is 0. The van der Waals surface area contributed by atoms with Gasteiger partial charge in [0.05, 0.1) is 16.7 Å². The highest BCUT2D eigenvalue weighted by atomic mass is 32.1. The van der Waals surface area contributed by atoms with E-state index in [1.165, 1.54) is 0 Å². The lowest BCUT2D eigenvalue weighted by Gasteiger charge is -2.10. The molecule has 2 heterocycles. The van der Waals surface area contributed by atoms with Crippen molar-refractivity contribution in [3.63, 3.8) is 0 Å². The Labute approximate surface area is 166 Å². The highest BCUT2D eigenvalue weighted by Crippen LogP contribution is 2.30. The van der Waals surface area contributed by atoms with Crippen LogP contribution in [0.25, 0.3) is 32.6 Å². The summed E-state index contributed by atoms with van der Waals surface area (Å²) in [5, 5.41) is 6.90. The quantitative estimate of drug-likeness (QED) is 0.315. The lowest BCUT2D eigenvalue weighted by molar-refractivity contribution is 0.102. The maximum atomic E-state index is 12.8. The van der Waals surface area contributed by atoms with Gasteiger partial charge in [0.15, 0.2) is 0 Å². The fourth-order valence-electron chi connectivity index (χ4n) is 3.42. The molecule has 0 radical (unpaired) electrons. The second kappa shape index (κ2) is 6.62. The molecule has 28 heavy (non-hydrogen) atoms. The molecular formula is C23H15N3OS. The van der Waals surface area contributed by atoms with E-state index in [0.29, 0.717) is 16.3 Å². The van der Waals surface area contributed by atoms with Crippen LogP contribution in [0.15, 0.2) is 83.9 Å². The van der Waals surface area contributed by atoms with Crippen molar-refractivity contribution in [3.05, 3.63) is 84.7 Å². The van der Waals surface area contributed by atoms with Crippen LogP contribution in [0.4, 0.5) is 5.69 Å². The number of benzene rings is 3. The van der Waals surface area contributed by atoms with Gasteiger partial charge in [-0.1, -0.05) is 48.5 Å². The molecule has 0 fully saturated rings. The highest BCUT2D eigenvalue weighted by molar-refractivity contribution is 7.80. The molecule has 3 aromatic carbocycles. The maximum absolute atomic E-state index is 12.8. The van der Waals surface area contributed by atoms with Crippen molar-refractivity contribution < 1.29 is 4.79 Å². The number of nitrogens with zero attached hydrogens (tertiary/aromatic N) is 2. The third-order valence-electron chi connectivity index (χ3n) is 4.80. The van der Waals surface area contributed by atoms with Gasteiger partial charge in [-0.2, -0.15) is 0 Å². The first-order valence-corrected chi connectivity index (χ1v) is 9.32. The molecule has 0 aliphatic carbocycles. The summed E-state index contributed by atoms with van der Waals surface area (Å²) in [6.07, 6.45) is 1.78. The van der Waals surface area contributed by atoms with Gasteiger partial charge in [-0.15, -0.1) is 12.6 Å². The standard InChI is InChI=1S/C23H15N3OS/c27-23(26-17-5-1-2-6-19(17)28)18-12-11-16-10-8-14-7-9-15-4-3-13-24-21(15)20(14)22(16)25-18/h1-13,28H,(H,26,27). The van der Waals surface area contributed by atoms with E-state index in [-0.39, 0.29) is 5.91 Å². The summed E-state index contributed by atoms with van der Waals surface area (Å²) >= 11 is 4.39. The summed E-state index contributed by atoms with van der Waals surface area (Å²) in [5.74, 6) is -0.270. The molecule has 5 aromatic rings. The number of pyridine rings is 2. The maximum Gasteiger partial charge on any atom is 0.274 e. The number of hydrogen-bond acceptors (Lipinski definition) is 4. The van der Waals surface area contributed by atoms with Crippen molar-refractivity contribution in [2.45, 2.75) is 4.90 Å². The Morgan fingerprint density at radius 1 is 0.786 bits per heavy atom. The SMILES string of the molecule is O=C(Nc1ccccc1S)c1ccc2ccc3ccc4cccnc4c3c2n1.